The van der Waals surface area contributed by atoms with Crippen LogP contribution >= 0.6 is 0 Å². The molecule has 0 amide bonds. The Labute approximate surface area is 588 Å². The molecule has 0 aromatic heterocycles. The van der Waals surface area contributed by atoms with Crippen molar-refractivity contribution in [1.29, 1.82) is 0 Å². The number of hydrogen-bond donors (Lipinski definition) is 0. The lowest BCUT2D eigenvalue weighted by molar-refractivity contribution is 0.398. The molecule has 14 rings (SSSR count). The molecule has 0 saturated carbocycles. The van der Waals surface area contributed by atoms with Crippen LogP contribution in [-0.4, -0.2) is 0 Å². The van der Waals surface area contributed by atoms with Gasteiger partial charge in [-0.25, -0.2) is 0 Å². The largest absolute Gasteiger partial charge is 0.0654 e. The monoisotopic (exact) mass is 1280 g/mol. The molecule has 0 heterocycles. The minimum Gasteiger partial charge on any atom is -0.0654 e. The molecule has 12 aromatic carbocycles. The maximum absolute atomic E-state index is 2.72. The minimum absolute atomic E-state index is 0.0164. The molecule has 0 bridgehead atoms. The number of fused-ring (bicyclic) bond motifs is 14. The van der Waals surface area contributed by atoms with Crippen LogP contribution in [-0.2, 0) is 10.8 Å². The third kappa shape index (κ3) is 13.6. The van der Waals surface area contributed by atoms with Gasteiger partial charge in [0.1, 0.15) is 0 Å². The van der Waals surface area contributed by atoms with E-state index < -0.39 is 0 Å². The Balaban J connectivity index is 0.934. The number of aryl methyl sites for hydroxylation is 2. The molecule has 12 aromatic rings. The SMILES string of the molecule is CCCCCCCCC1(CCCCCCCC)c2cc(C)ccc2-c2ccc(-c3cc(-c4ccc5c(c4)C(CCCCCCCC)(CCCCCCCC)c4cc(-c6ccc7cc8cc(C)ccc8cc7c6)ccc4-5)cc(-c4ccc5c6ccccc6c6ccccc6c5c4)c3)cc21. The summed E-state index contributed by atoms with van der Waals surface area (Å²) in [6, 6.07) is 82.9. The molecule has 98 heavy (non-hydrogen) atoms. The molecule has 0 aliphatic heterocycles. The van der Waals surface area contributed by atoms with E-state index in [0.29, 0.717) is 0 Å². The van der Waals surface area contributed by atoms with E-state index in [1.54, 1.807) is 22.3 Å². The standard InChI is InChI=1S/C98H108/c1-7-11-15-19-23-31-53-97(54-32-24-20-16-12-8-2)93-58-70(6)40-48-88(93)89-51-46-76(67-95(89)97)81-62-80(74-44-49-87-85-37-28-27-35-83(85)84-36-29-30-38-86(84)92(87)65-74)63-82(64-81)77-47-52-91-90-50-45-75(71-42-43-73-60-78-57-69(5)39-41-72(78)61-79(73)59-71)66-94(90)98(96(91)68-77,55-33-25-21-17-13-9-3)56-34-26-22-18-14-10-4/h27-30,35-52,57-68H,7-26,31-34,53-56H2,1-6H3. The molecule has 0 unspecified atom stereocenters. The van der Waals surface area contributed by atoms with Gasteiger partial charge < -0.3 is 0 Å². The van der Waals surface area contributed by atoms with Crippen molar-refractivity contribution < 1.29 is 0 Å². The van der Waals surface area contributed by atoms with Crippen molar-refractivity contribution in [2.45, 2.75) is 232 Å². The zero-order chi connectivity index (χ0) is 67.0. The predicted molar refractivity (Wildman–Crippen MR) is 430 cm³/mol. The lowest BCUT2D eigenvalue weighted by atomic mass is 9.69. The quantitative estimate of drug-likeness (QED) is 0.0224. The molecule has 0 fully saturated rings. The normalized spacial score (nSPS) is 13.5. The van der Waals surface area contributed by atoms with Gasteiger partial charge in [0.2, 0.25) is 0 Å². The smallest absolute Gasteiger partial charge is 0.0215 e. The first-order valence-electron chi connectivity index (χ1n) is 39.2. The molecule has 500 valence electrons. The Kier molecular flexibility index (Phi) is 21.0. The highest BCUT2D eigenvalue weighted by atomic mass is 14.5. The van der Waals surface area contributed by atoms with Crippen molar-refractivity contribution in [2.24, 2.45) is 0 Å². The van der Waals surface area contributed by atoms with Gasteiger partial charge in [-0.2, -0.15) is 0 Å². The summed E-state index contributed by atoms with van der Waals surface area (Å²) in [5, 5.41) is 13.2. The van der Waals surface area contributed by atoms with E-state index in [-0.39, 0.29) is 10.8 Å². The maximum Gasteiger partial charge on any atom is 0.0215 e. The van der Waals surface area contributed by atoms with Crippen LogP contribution in [0.15, 0.2) is 206 Å². The molecule has 0 heteroatoms. The Morgan fingerprint density at radius 1 is 0.204 bits per heavy atom. The first-order chi connectivity index (χ1) is 48.2. The third-order valence-corrected chi connectivity index (χ3v) is 23.7. The van der Waals surface area contributed by atoms with E-state index in [4.69, 9.17) is 0 Å². The highest BCUT2D eigenvalue weighted by molar-refractivity contribution is 6.25. The first-order valence-corrected chi connectivity index (χ1v) is 39.2. The van der Waals surface area contributed by atoms with Crippen molar-refractivity contribution >= 4 is 53.9 Å². The van der Waals surface area contributed by atoms with Gasteiger partial charge in [-0.3, -0.25) is 0 Å². The molecule has 0 N–H and O–H groups in total. The zero-order valence-electron chi connectivity index (χ0n) is 60.4. The summed E-state index contributed by atoms with van der Waals surface area (Å²) < 4.78 is 0. The van der Waals surface area contributed by atoms with Crippen molar-refractivity contribution in [3.8, 4) is 66.8 Å². The van der Waals surface area contributed by atoms with E-state index in [1.165, 1.54) is 312 Å². The number of benzene rings is 12. The summed E-state index contributed by atoms with van der Waals surface area (Å²) >= 11 is 0. The van der Waals surface area contributed by atoms with Gasteiger partial charge in [-0.15, -0.1) is 0 Å². The number of rotatable bonds is 32. The van der Waals surface area contributed by atoms with Crippen LogP contribution in [0.2, 0.25) is 0 Å². The second-order valence-corrected chi connectivity index (χ2v) is 30.5. The first kappa shape index (κ1) is 67.1. The van der Waals surface area contributed by atoms with E-state index in [1.807, 2.05) is 0 Å². The molecule has 0 spiro atoms. The third-order valence-electron chi connectivity index (χ3n) is 23.7. The summed E-state index contributed by atoms with van der Waals surface area (Å²) in [7, 11) is 0. The van der Waals surface area contributed by atoms with Gasteiger partial charge in [0, 0.05) is 10.8 Å². The van der Waals surface area contributed by atoms with Gasteiger partial charge in [0.15, 0.2) is 0 Å². The fourth-order valence-electron chi connectivity index (χ4n) is 18.3. The Hall–Kier alpha value is -8.06. The summed E-state index contributed by atoms with van der Waals surface area (Å²) in [4.78, 5) is 0. The summed E-state index contributed by atoms with van der Waals surface area (Å²) in [6.07, 6.45) is 36.1. The van der Waals surface area contributed by atoms with Crippen LogP contribution < -0.4 is 0 Å². The molecular weight excluding hydrogens is 1180 g/mol. The van der Waals surface area contributed by atoms with Crippen LogP contribution in [0.3, 0.4) is 0 Å². The molecule has 0 nitrogen and oxygen atoms in total. The molecule has 0 atom stereocenters. The maximum atomic E-state index is 2.72. The second kappa shape index (κ2) is 30.6. The Morgan fingerprint density at radius 3 is 0.939 bits per heavy atom. The van der Waals surface area contributed by atoms with Crippen LogP contribution in [0.25, 0.3) is 121 Å². The summed E-state index contributed by atoms with van der Waals surface area (Å²) in [6.45, 7) is 13.9. The van der Waals surface area contributed by atoms with Crippen molar-refractivity contribution in [2.75, 3.05) is 0 Å². The fourth-order valence-corrected chi connectivity index (χ4v) is 18.3. The molecule has 2 aliphatic carbocycles. The van der Waals surface area contributed by atoms with Crippen molar-refractivity contribution in [1.82, 2.24) is 0 Å². The van der Waals surface area contributed by atoms with Gasteiger partial charge in [-0.05, 0) is 243 Å². The average molecular weight is 1290 g/mol. The molecule has 2 aliphatic rings. The van der Waals surface area contributed by atoms with Gasteiger partial charge >= 0.3 is 0 Å². The van der Waals surface area contributed by atoms with Gasteiger partial charge in [-0.1, -0.05) is 339 Å². The van der Waals surface area contributed by atoms with Gasteiger partial charge in [0.05, 0.1) is 0 Å². The number of hydrogen-bond acceptors (Lipinski definition) is 0. The number of unbranched alkanes of at least 4 members (excludes halogenated alkanes) is 20. The Morgan fingerprint density at radius 2 is 0.500 bits per heavy atom. The van der Waals surface area contributed by atoms with Crippen LogP contribution in [0, 0.1) is 13.8 Å². The molecule has 0 saturated heterocycles. The predicted octanol–water partition coefficient (Wildman–Crippen LogP) is 30.3. The van der Waals surface area contributed by atoms with Gasteiger partial charge in [0.25, 0.3) is 0 Å². The summed E-state index contributed by atoms with van der Waals surface area (Å²) in [5.74, 6) is 0. The summed E-state index contributed by atoms with van der Waals surface area (Å²) in [5.41, 5.74) is 25.1. The fraction of sp³-hybridized carbons (Fsp3) is 0.367. The van der Waals surface area contributed by atoms with E-state index in [9.17, 15) is 0 Å². The van der Waals surface area contributed by atoms with Crippen molar-refractivity contribution in [3.63, 3.8) is 0 Å². The lowest BCUT2D eigenvalue weighted by Gasteiger charge is -2.33. The van der Waals surface area contributed by atoms with E-state index in [2.05, 4.69) is 248 Å². The van der Waals surface area contributed by atoms with E-state index in [0.717, 1.165) is 0 Å². The molecule has 0 radical (unpaired) electrons. The van der Waals surface area contributed by atoms with Crippen LogP contribution in [0.1, 0.15) is 241 Å². The van der Waals surface area contributed by atoms with Crippen molar-refractivity contribution in [3.05, 3.63) is 240 Å². The lowest BCUT2D eigenvalue weighted by Crippen LogP contribution is -2.25. The van der Waals surface area contributed by atoms with Crippen LogP contribution in [0.4, 0.5) is 0 Å². The Bertz CT molecular complexity index is 4720. The molecular formula is C98H108. The minimum atomic E-state index is -0.109. The average Bonchev–Trinajstić information content (AvgIpc) is 1.48. The zero-order valence-corrected chi connectivity index (χ0v) is 60.4. The topological polar surface area (TPSA) is 0 Å². The highest BCUT2D eigenvalue weighted by Crippen LogP contribution is 2.58. The van der Waals surface area contributed by atoms with Crippen LogP contribution in [0.5, 0.6) is 0 Å². The van der Waals surface area contributed by atoms with E-state index >= 15 is 0 Å². The highest BCUT2D eigenvalue weighted by Gasteiger charge is 2.44. The second-order valence-electron chi connectivity index (χ2n) is 30.5.